The predicted octanol–water partition coefficient (Wildman–Crippen LogP) is 24.5. The van der Waals surface area contributed by atoms with Crippen LogP contribution in [0.2, 0.25) is 58.9 Å². The van der Waals surface area contributed by atoms with Gasteiger partial charge in [0.2, 0.25) is 0 Å². The summed E-state index contributed by atoms with van der Waals surface area (Å²) in [6.45, 7) is 27.3. The molecule has 0 fully saturated rings. The van der Waals surface area contributed by atoms with Crippen LogP contribution < -0.4 is 15.6 Å². The van der Waals surface area contributed by atoms with Crippen molar-refractivity contribution in [2.24, 2.45) is 0 Å². The van der Waals surface area contributed by atoms with Gasteiger partial charge in [0.25, 0.3) is 0 Å². The molecule has 0 N–H and O–H groups in total. The van der Waals surface area contributed by atoms with E-state index in [9.17, 15) is 0 Å². The molecule has 0 saturated heterocycles. The maximum Gasteiger partial charge on any atom is 0.0795 e. The number of rotatable bonds is 13. The molecule has 6 aromatic heterocycles. The standard InChI is InChI=1S/3C20H20NSi.C18H14N.2C12H10N.3Ir/c3*1-22(2,3)19-12-13-20(21-15-19)18-11-7-10-17(14-18)16-8-5-4-6-9-16;1-14-12-18(16-10-6-3-7-11-16)19-13-17(14)15-8-4-2-5-9-15;2*1-10-6-5-9-13-12(10)11-7-3-2-4-8-11;;;/h3*4-10,12-15H,1-3H3;2-10,12-13H,1H3;2*2-7,9H,1H3;;;/q6*-1;;;. The molecule has 0 amide bonds. The number of hydrogen-bond acceptors (Lipinski definition) is 6. The molecule has 12 heteroatoms. The minimum atomic E-state index is -1.29. The number of hydrogen-bond donors (Lipinski definition) is 0. The first kappa shape index (κ1) is 89.3. The molecule has 0 unspecified atom stereocenters. The molecule has 10 aromatic carbocycles. The summed E-state index contributed by atoms with van der Waals surface area (Å²) in [5.74, 6) is 0. The predicted molar refractivity (Wildman–Crippen MR) is 476 cm³/mol. The van der Waals surface area contributed by atoms with Crippen LogP contribution in [0.4, 0.5) is 0 Å². The molecule has 0 aliphatic rings. The Morgan fingerprint density at radius 1 is 0.219 bits per heavy atom. The van der Waals surface area contributed by atoms with E-state index >= 15 is 0 Å². The van der Waals surface area contributed by atoms with Crippen molar-refractivity contribution in [3.8, 4) is 112 Å². The van der Waals surface area contributed by atoms with E-state index in [1.807, 2.05) is 177 Å². The quantitative estimate of drug-likeness (QED) is 0.0846. The Bertz CT molecular complexity index is 5120. The van der Waals surface area contributed by atoms with Crippen LogP contribution in [0.25, 0.3) is 112 Å². The molecule has 3 radical (unpaired) electrons. The molecular formula is C102H94Ir3N6Si3-6. The van der Waals surface area contributed by atoms with Gasteiger partial charge >= 0.3 is 0 Å². The van der Waals surface area contributed by atoms with E-state index in [4.69, 9.17) is 0 Å². The Labute approximate surface area is 721 Å². The van der Waals surface area contributed by atoms with Crippen LogP contribution in [0.1, 0.15) is 16.7 Å². The zero-order chi connectivity index (χ0) is 78.0. The molecule has 577 valence electrons. The van der Waals surface area contributed by atoms with Crippen LogP contribution >= 0.6 is 0 Å². The second-order valence-corrected chi connectivity index (χ2v) is 45.3. The number of pyridine rings is 6. The fourth-order valence-corrected chi connectivity index (χ4v) is 15.2. The van der Waals surface area contributed by atoms with E-state index in [-0.39, 0.29) is 60.3 Å². The molecule has 0 saturated carbocycles. The zero-order valence-corrected chi connectivity index (χ0v) is 76.9. The van der Waals surface area contributed by atoms with E-state index < -0.39 is 24.2 Å². The first-order valence-electron chi connectivity index (χ1n) is 37.6. The van der Waals surface area contributed by atoms with Crippen LogP contribution in [-0.2, 0) is 60.3 Å². The van der Waals surface area contributed by atoms with Gasteiger partial charge < -0.3 is 29.9 Å². The second-order valence-electron chi connectivity index (χ2n) is 30.0. The third-order valence-corrected chi connectivity index (χ3v) is 24.7. The monoisotopic (exact) mass is 2070 g/mol. The van der Waals surface area contributed by atoms with Crippen LogP contribution in [-0.4, -0.2) is 54.1 Å². The van der Waals surface area contributed by atoms with E-state index in [1.165, 1.54) is 76.8 Å². The molecule has 0 bridgehead atoms. The molecule has 0 spiro atoms. The molecule has 6 nitrogen and oxygen atoms in total. The first-order chi connectivity index (χ1) is 53.7. The summed E-state index contributed by atoms with van der Waals surface area (Å²) in [4.78, 5) is 27.2. The molecule has 0 aliphatic heterocycles. The summed E-state index contributed by atoms with van der Waals surface area (Å²) < 4.78 is 0. The summed E-state index contributed by atoms with van der Waals surface area (Å²) in [7, 11) is -3.88. The van der Waals surface area contributed by atoms with Crippen molar-refractivity contribution in [2.45, 2.75) is 79.7 Å². The Kier molecular flexibility index (Phi) is 34.3. The van der Waals surface area contributed by atoms with E-state index in [0.717, 1.165) is 67.5 Å². The van der Waals surface area contributed by atoms with Crippen molar-refractivity contribution < 1.29 is 60.3 Å². The van der Waals surface area contributed by atoms with Gasteiger partial charge in [-0.3, -0.25) is 0 Å². The summed E-state index contributed by atoms with van der Waals surface area (Å²) >= 11 is 0. The van der Waals surface area contributed by atoms with Crippen molar-refractivity contribution in [1.29, 1.82) is 0 Å². The van der Waals surface area contributed by atoms with Gasteiger partial charge in [-0.1, -0.05) is 246 Å². The van der Waals surface area contributed by atoms with Crippen molar-refractivity contribution >= 4 is 39.8 Å². The Morgan fingerprint density at radius 2 is 0.518 bits per heavy atom. The van der Waals surface area contributed by atoms with E-state index in [0.29, 0.717) is 0 Å². The van der Waals surface area contributed by atoms with Gasteiger partial charge in [0.05, 0.1) is 24.2 Å². The van der Waals surface area contributed by atoms with E-state index in [1.54, 1.807) is 0 Å². The molecule has 0 aliphatic carbocycles. The Hall–Kier alpha value is -10.3. The zero-order valence-electron chi connectivity index (χ0n) is 66.7. The number of nitrogens with zero attached hydrogens (tertiary/aromatic N) is 6. The van der Waals surface area contributed by atoms with Gasteiger partial charge in [0.15, 0.2) is 0 Å². The van der Waals surface area contributed by atoms with Gasteiger partial charge in [-0.15, -0.1) is 214 Å². The van der Waals surface area contributed by atoms with Crippen molar-refractivity contribution in [1.82, 2.24) is 29.9 Å². The third kappa shape index (κ3) is 26.1. The minimum Gasteiger partial charge on any atom is -0.305 e. The van der Waals surface area contributed by atoms with E-state index in [2.05, 4.69) is 322 Å². The van der Waals surface area contributed by atoms with Crippen molar-refractivity contribution in [3.63, 3.8) is 0 Å². The normalized spacial score (nSPS) is 10.6. The SMILES string of the molecule is C[Si](C)(C)c1ccc(-c2[c-]ccc(-c3ccccc3)c2)nc1.C[Si](C)(C)c1ccc(-c2[c-]ccc(-c3ccccc3)c2)nc1.C[Si](C)(C)c1ccc(-c2[c-]ccc(-c3ccccc3)c2)nc1.Cc1cc(-c2[c-]cccc2)ncc1-c1ccccc1.Cc1cccnc1-c1[c-]cccc1.Cc1cccnc1-c1[c-]cccc1.[Ir].[Ir].[Ir]. The van der Waals surface area contributed by atoms with Crippen molar-refractivity contribution in [2.75, 3.05) is 0 Å². The Morgan fingerprint density at radius 3 is 0.798 bits per heavy atom. The molecule has 114 heavy (non-hydrogen) atoms. The molecule has 6 heterocycles. The van der Waals surface area contributed by atoms with Crippen LogP contribution in [0.15, 0.2) is 353 Å². The topological polar surface area (TPSA) is 77.3 Å². The van der Waals surface area contributed by atoms with Gasteiger partial charge in [0.1, 0.15) is 0 Å². The second kappa shape index (κ2) is 43.8. The smallest absolute Gasteiger partial charge is 0.0795 e. The first-order valence-corrected chi connectivity index (χ1v) is 48.1. The maximum atomic E-state index is 4.65. The largest absolute Gasteiger partial charge is 0.305 e. The molecule has 0 atom stereocenters. The minimum absolute atomic E-state index is 0. The van der Waals surface area contributed by atoms with Gasteiger partial charge in [-0.2, -0.15) is 0 Å². The average molecular weight is 2060 g/mol. The number of benzene rings is 10. The van der Waals surface area contributed by atoms with Gasteiger partial charge in [-0.25, -0.2) is 0 Å². The van der Waals surface area contributed by atoms with Gasteiger partial charge in [0, 0.05) is 103 Å². The summed E-state index contributed by atoms with van der Waals surface area (Å²) in [5, 5.41) is 4.15. The molecular weight excluding hydrogens is 1970 g/mol. The maximum absolute atomic E-state index is 4.65. The average Bonchev–Trinajstić information content (AvgIpc) is 0.833. The Balaban J connectivity index is 0.000000172. The third-order valence-electron chi connectivity index (χ3n) is 18.6. The summed E-state index contributed by atoms with van der Waals surface area (Å²) in [5.41, 5.74) is 25.5. The molecule has 16 aromatic rings. The fourth-order valence-electron chi connectivity index (χ4n) is 12.1. The number of aromatic nitrogens is 6. The molecule has 16 rings (SSSR count). The number of aryl methyl sites for hydroxylation is 3. The van der Waals surface area contributed by atoms with Crippen LogP contribution in [0.5, 0.6) is 0 Å². The van der Waals surface area contributed by atoms with Crippen LogP contribution in [0.3, 0.4) is 0 Å². The van der Waals surface area contributed by atoms with Crippen LogP contribution in [0, 0.1) is 57.2 Å². The van der Waals surface area contributed by atoms with Crippen molar-refractivity contribution in [3.05, 3.63) is 406 Å². The fraction of sp³-hybridized carbons (Fsp3) is 0.118. The summed E-state index contributed by atoms with van der Waals surface area (Å²) in [6.07, 6.45) is 11.7. The summed E-state index contributed by atoms with van der Waals surface area (Å²) in [6, 6.07) is 127. The van der Waals surface area contributed by atoms with Gasteiger partial charge in [-0.05, 0) is 110 Å².